The Bertz CT molecular complexity index is 446. The molecule has 1 N–H and O–H groups in total. The van der Waals surface area contributed by atoms with Gasteiger partial charge in [-0.05, 0) is 54.8 Å². The monoisotopic (exact) mass is 405 g/mol. The lowest BCUT2D eigenvalue weighted by atomic mass is 10.2. The predicted octanol–water partition coefficient (Wildman–Crippen LogP) is 4.27. The molecular formula is C15H21Br2NO2. The van der Waals surface area contributed by atoms with Gasteiger partial charge in [-0.15, -0.1) is 0 Å². The van der Waals surface area contributed by atoms with E-state index in [-0.39, 0.29) is 6.10 Å². The van der Waals surface area contributed by atoms with E-state index >= 15 is 0 Å². The minimum atomic E-state index is 0.157. The summed E-state index contributed by atoms with van der Waals surface area (Å²) in [4.78, 5) is 0. The van der Waals surface area contributed by atoms with Gasteiger partial charge in [0.2, 0.25) is 0 Å². The van der Waals surface area contributed by atoms with Crippen molar-refractivity contribution in [2.24, 2.45) is 0 Å². The summed E-state index contributed by atoms with van der Waals surface area (Å²) in [6.45, 7) is 6.65. The van der Waals surface area contributed by atoms with E-state index < -0.39 is 0 Å². The van der Waals surface area contributed by atoms with Gasteiger partial charge in [-0.25, -0.2) is 0 Å². The molecule has 1 aliphatic heterocycles. The molecule has 0 spiro atoms. The van der Waals surface area contributed by atoms with Crippen LogP contribution in [0.2, 0.25) is 0 Å². The van der Waals surface area contributed by atoms with Gasteiger partial charge in [0.05, 0.1) is 16.7 Å². The fourth-order valence-electron chi connectivity index (χ4n) is 2.29. The number of nitrogens with one attached hydrogen (secondary N) is 1. The average Bonchev–Trinajstić information content (AvgIpc) is 2.86. The normalized spacial score (nSPS) is 18.8. The molecule has 1 heterocycles. The maximum absolute atomic E-state index is 5.91. The number of halogens is 2. The lowest BCUT2D eigenvalue weighted by molar-refractivity contribution is 0.110. The molecule has 1 aliphatic rings. The molecule has 0 aromatic heterocycles. The Morgan fingerprint density at radius 2 is 2.20 bits per heavy atom. The van der Waals surface area contributed by atoms with Gasteiger partial charge in [0.1, 0.15) is 5.75 Å². The van der Waals surface area contributed by atoms with Crippen molar-refractivity contribution in [1.82, 2.24) is 5.32 Å². The van der Waals surface area contributed by atoms with Crippen molar-refractivity contribution in [2.45, 2.75) is 45.4 Å². The predicted molar refractivity (Wildman–Crippen MR) is 88.3 cm³/mol. The zero-order chi connectivity index (χ0) is 14.5. The molecule has 0 bridgehead atoms. The van der Waals surface area contributed by atoms with Crippen LogP contribution in [0.5, 0.6) is 5.75 Å². The van der Waals surface area contributed by atoms with Crippen LogP contribution in [-0.2, 0) is 11.3 Å². The van der Waals surface area contributed by atoms with E-state index in [0.29, 0.717) is 6.10 Å². The highest BCUT2D eigenvalue weighted by molar-refractivity contribution is 9.11. The summed E-state index contributed by atoms with van der Waals surface area (Å²) < 4.78 is 13.6. The summed E-state index contributed by atoms with van der Waals surface area (Å²) >= 11 is 7.11. The summed E-state index contributed by atoms with van der Waals surface area (Å²) in [7, 11) is 0. The highest BCUT2D eigenvalue weighted by atomic mass is 79.9. The van der Waals surface area contributed by atoms with E-state index in [2.05, 4.69) is 43.2 Å². The second kappa shape index (κ2) is 7.78. The smallest absolute Gasteiger partial charge is 0.138 e. The van der Waals surface area contributed by atoms with Crippen molar-refractivity contribution in [3.8, 4) is 5.75 Å². The zero-order valence-electron chi connectivity index (χ0n) is 11.9. The Hall–Kier alpha value is -0.100. The third kappa shape index (κ3) is 4.72. The van der Waals surface area contributed by atoms with Crippen LogP contribution in [-0.4, -0.2) is 25.4 Å². The SMILES string of the molecule is CC(C)Oc1c(Br)cc(Br)cc1CNCC1CCCO1. The van der Waals surface area contributed by atoms with E-state index in [1.165, 1.54) is 6.42 Å². The van der Waals surface area contributed by atoms with E-state index in [4.69, 9.17) is 9.47 Å². The number of hydrogen-bond acceptors (Lipinski definition) is 3. The van der Waals surface area contributed by atoms with Crippen LogP contribution in [0.1, 0.15) is 32.3 Å². The number of hydrogen-bond donors (Lipinski definition) is 1. The first-order valence-electron chi connectivity index (χ1n) is 7.03. The van der Waals surface area contributed by atoms with Crippen LogP contribution < -0.4 is 10.1 Å². The lowest BCUT2D eigenvalue weighted by Crippen LogP contribution is -2.26. The van der Waals surface area contributed by atoms with Crippen molar-refractivity contribution in [1.29, 1.82) is 0 Å². The minimum absolute atomic E-state index is 0.157. The second-order valence-electron chi connectivity index (χ2n) is 5.31. The molecular weight excluding hydrogens is 386 g/mol. The third-order valence-electron chi connectivity index (χ3n) is 3.15. The highest BCUT2D eigenvalue weighted by Gasteiger charge is 2.16. The van der Waals surface area contributed by atoms with Crippen LogP contribution >= 0.6 is 31.9 Å². The minimum Gasteiger partial charge on any atom is -0.489 e. The molecule has 20 heavy (non-hydrogen) atoms. The fourth-order valence-corrected chi connectivity index (χ4v) is 3.69. The molecule has 1 fully saturated rings. The van der Waals surface area contributed by atoms with Crippen LogP contribution in [0.4, 0.5) is 0 Å². The van der Waals surface area contributed by atoms with Crippen molar-refractivity contribution >= 4 is 31.9 Å². The molecule has 1 aromatic carbocycles. The largest absolute Gasteiger partial charge is 0.489 e. The summed E-state index contributed by atoms with van der Waals surface area (Å²) in [5, 5.41) is 3.47. The quantitative estimate of drug-likeness (QED) is 0.765. The molecule has 1 atom stereocenters. The Morgan fingerprint density at radius 1 is 1.40 bits per heavy atom. The topological polar surface area (TPSA) is 30.5 Å². The van der Waals surface area contributed by atoms with Gasteiger partial charge in [-0.1, -0.05) is 15.9 Å². The van der Waals surface area contributed by atoms with Gasteiger partial charge >= 0.3 is 0 Å². The zero-order valence-corrected chi connectivity index (χ0v) is 15.1. The lowest BCUT2D eigenvalue weighted by Gasteiger charge is -2.18. The summed E-state index contributed by atoms with van der Waals surface area (Å²) in [6.07, 6.45) is 2.85. The highest BCUT2D eigenvalue weighted by Crippen LogP contribution is 2.33. The number of benzene rings is 1. The van der Waals surface area contributed by atoms with Gasteiger partial charge in [-0.2, -0.15) is 0 Å². The molecule has 1 unspecified atom stereocenters. The van der Waals surface area contributed by atoms with E-state index in [1.54, 1.807) is 0 Å². The molecule has 0 amide bonds. The summed E-state index contributed by atoms with van der Waals surface area (Å²) in [6, 6.07) is 4.12. The van der Waals surface area contributed by atoms with Crippen LogP contribution in [0.25, 0.3) is 0 Å². The first-order chi connectivity index (χ1) is 9.56. The standard InChI is InChI=1S/C15H21Br2NO2/c1-10(2)20-15-11(6-12(16)7-14(15)17)8-18-9-13-4-3-5-19-13/h6-7,10,13,18H,3-5,8-9H2,1-2H3. The molecule has 3 nitrogen and oxygen atoms in total. The Kier molecular flexibility index (Phi) is 6.33. The van der Waals surface area contributed by atoms with Gasteiger partial charge in [0.25, 0.3) is 0 Å². The van der Waals surface area contributed by atoms with Gasteiger partial charge in [0, 0.05) is 29.7 Å². The van der Waals surface area contributed by atoms with Crippen molar-refractivity contribution in [3.05, 3.63) is 26.6 Å². The molecule has 2 rings (SSSR count). The molecule has 1 aromatic rings. The van der Waals surface area contributed by atoms with Crippen LogP contribution in [0.3, 0.4) is 0 Å². The molecule has 1 saturated heterocycles. The second-order valence-corrected chi connectivity index (χ2v) is 7.08. The van der Waals surface area contributed by atoms with Crippen molar-refractivity contribution in [3.63, 3.8) is 0 Å². The first-order valence-corrected chi connectivity index (χ1v) is 8.61. The summed E-state index contributed by atoms with van der Waals surface area (Å²) in [5.74, 6) is 0.919. The van der Waals surface area contributed by atoms with Crippen LogP contribution in [0, 0.1) is 0 Å². The molecule has 0 aliphatic carbocycles. The Morgan fingerprint density at radius 3 is 2.85 bits per heavy atom. The number of rotatable bonds is 6. The third-order valence-corrected chi connectivity index (χ3v) is 4.20. The van der Waals surface area contributed by atoms with Crippen molar-refractivity contribution in [2.75, 3.05) is 13.2 Å². The Labute approximate surface area is 137 Å². The first kappa shape index (κ1) is 16.3. The maximum Gasteiger partial charge on any atom is 0.138 e. The van der Waals surface area contributed by atoms with Crippen molar-refractivity contribution < 1.29 is 9.47 Å². The number of ether oxygens (including phenoxy) is 2. The van der Waals surface area contributed by atoms with E-state index in [9.17, 15) is 0 Å². The maximum atomic E-state index is 5.91. The average molecular weight is 407 g/mol. The molecule has 0 radical (unpaired) electrons. The molecule has 112 valence electrons. The van der Waals surface area contributed by atoms with E-state index in [0.717, 1.165) is 46.4 Å². The molecule has 5 heteroatoms. The van der Waals surface area contributed by atoms with Gasteiger partial charge < -0.3 is 14.8 Å². The fraction of sp³-hybridized carbons (Fsp3) is 0.600. The molecule has 0 saturated carbocycles. The van der Waals surface area contributed by atoms with Gasteiger partial charge in [0.15, 0.2) is 0 Å². The Balaban J connectivity index is 2.00. The summed E-state index contributed by atoms with van der Waals surface area (Å²) in [5.41, 5.74) is 1.15. The van der Waals surface area contributed by atoms with Gasteiger partial charge in [-0.3, -0.25) is 0 Å². The van der Waals surface area contributed by atoms with Crippen LogP contribution in [0.15, 0.2) is 21.1 Å². The van der Waals surface area contributed by atoms with E-state index in [1.807, 2.05) is 19.9 Å².